The second-order valence-corrected chi connectivity index (χ2v) is 8.30. The first kappa shape index (κ1) is 24.4. The third-order valence-corrected chi connectivity index (χ3v) is 5.71. The predicted octanol–water partition coefficient (Wildman–Crippen LogP) is 3.69. The van der Waals surface area contributed by atoms with Crippen LogP contribution in [0.5, 0.6) is 0 Å². The topological polar surface area (TPSA) is 125 Å². The van der Waals surface area contributed by atoms with Gasteiger partial charge >= 0.3 is 5.97 Å². The van der Waals surface area contributed by atoms with Crippen LogP contribution in [0.15, 0.2) is 46.2 Å². The average Bonchev–Trinajstić information content (AvgIpc) is 2.78. The zero-order valence-electron chi connectivity index (χ0n) is 17.7. The minimum atomic E-state index is -1.15. The van der Waals surface area contributed by atoms with Crippen molar-refractivity contribution in [2.45, 2.75) is 38.6 Å². The summed E-state index contributed by atoms with van der Waals surface area (Å²) in [7, 11) is 0. The molecule has 0 radical (unpaired) electrons. The summed E-state index contributed by atoms with van der Waals surface area (Å²) >= 11 is 12.0. The van der Waals surface area contributed by atoms with E-state index in [4.69, 9.17) is 23.2 Å². The van der Waals surface area contributed by atoms with E-state index in [1.165, 1.54) is 12.4 Å². The Labute approximate surface area is 199 Å². The molecule has 0 unspecified atom stereocenters. The number of carbonyl (C=O) groups excluding carboxylic acids is 1. The lowest BCUT2D eigenvalue weighted by atomic mass is 9.99. The zero-order valence-corrected chi connectivity index (χ0v) is 19.2. The van der Waals surface area contributed by atoms with E-state index in [0.29, 0.717) is 23.2 Å². The summed E-state index contributed by atoms with van der Waals surface area (Å²) < 4.78 is 0. The van der Waals surface area contributed by atoms with Crippen LogP contribution in [0.25, 0.3) is 0 Å². The molecule has 0 bridgehead atoms. The molecule has 8 nitrogen and oxygen atoms in total. The van der Waals surface area contributed by atoms with Gasteiger partial charge in [-0.15, -0.1) is 0 Å². The summed E-state index contributed by atoms with van der Waals surface area (Å²) in [6.45, 7) is 1.96. The highest BCUT2D eigenvalue weighted by Gasteiger charge is 2.26. The van der Waals surface area contributed by atoms with E-state index in [0.717, 1.165) is 12.8 Å². The van der Waals surface area contributed by atoms with Gasteiger partial charge in [0.25, 0.3) is 5.91 Å². The first-order chi connectivity index (χ1) is 15.7. The number of nitrogens with zero attached hydrogens (tertiary/aromatic N) is 1. The second kappa shape index (κ2) is 10.6. The van der Waals surface area contributed by atoms with Crippen LogP contribution in [-0.2, 0) is 17.6 Å². The maximum Gasteiger partial charge on any atom is 0.326 e. The number of aromatic nitrogens is 1. The van der Waals surface area contributed by atoms with Gasteiger partial charge in [-0.3, -0.25) is 19.4 Å². The van der Waals surface area contributed by atoms with Crippen molar-refractivity contribution in [2.75, 3.05) is 10.6 Å². The highest BCUT2D eigenvalue weighted by molar-refractivity contribution is 6.40. The predicted molar refractivity (Wildman–Crippen MR) is 127 cm³/mol. The zero-order chi connectivity index (χ0) is 24.1. The Balaban J connectivity index is 1.69. The van der Waals surface area contributed by atoms with Gasteiger partial charge in [-0.05, 0) is 30.5 Å². The van der Waals surface area contributed by atoms with Crippen molar-refractivity contribution in [1.82, 2.24) is 4.98 Å². The van der Waals surface area contributed by atoms with E-state index < -0.39 is 28.8 Å². The Morgan fingerprint density at radius 2 is 1.70 bits per heavy atom. The molecule has 0 aliphatic heterocycles. The molecule has 0 aliphatic carbocycles. The monoisotopic (exact) mass is 489 g/mol. The van der Waals surface area contributed by atoms with Gasteiger partial charge in [0.05, 0.1) is 21.3 Å². The fourth-order valence-electron chi connectivity index (χ4n) is 3.34. The minimum Gasteiger partial charge on any atom is -0.480 e. The number of hydrogen-bond acceptors (Lipinski definition) is 6. The number of carboxylic acids is 1. The number of carboxylic acid groups (broad SMARTS) is 1. The molecule has 1 heterocycles. The van der Waals surface area contributed by atoms with Gasteiger partial charge in [0.2, 0.25) is 10.9 Å². The Bertz CT molecular complexity index is 1230. The second-order valence-electron chi connectivity index (χ2n) is 7.48. The largest absolute Gasteiger partial charge is 0.480 e. The number of nitrogens with one attached hydrogen (secondary N) is 2. The number of anilines is 2. The first-order valence-electron chi connectivity index (χ1n) is 10.2. The number of aliphatic carboxylic acids is 1. The number of halogens is 2. The van der Waals surface area contributed by atoms with E-state index in [9.17, 15) is 24.3 Å². The van der Waals surface area contributed by atoms with Gasteiger partial charge < -0.3 is 15.7 Å². The van der Waals surface area contributed by atoms with Gasteiger partial charge in [0.1, 0.15) is 6.04 Å². The lowest BCUT2D eigenvalue weighted by Gasteiger charge is -2.19. The van der Waals surface area contributed by atoms with Crippen LogP contribution < -0.4 is 21.5 Å². The molecule has 2 aromatic carbocycles. The van der Waals surface area contributed by atoms with Crippen LogP contribution in [-0.4, -0.2) is 28.0 Å². The smallest absolute Gasteiger partial charge is 0.326 e. The quantitative estimate of drug-likeness (QED) is 0.370. The van der Waals surface area contributed by atoms with Gasteiger partial charge in [0.15, 0.2) is 0 Å². The van der Waals surface area contributed by atoms with Crippen LogP contribution in [0.1, 0.15) is 41.3 Å². The first-order valence-corrected chi connectivity index (χ1v) is 11.0. The Morgan fingerprint density at radius 1 is 1.06 bits per heavy atom. The van der Waals surface area contributed by atoms with Gasteiger partial charge in [-0.1, -0.05) is 48.7 Å². The summed E-state index contributed by atoms with van der Waals surface area (Å²) in [5.41, 5.74) is 0.428. The van der Waals surface area contributed by atoms with Gasteiger partial charge in [0, 0.05) is 30.1 Å². The summed E-state index contributed by atoms with van der Waals surface area (Å²) in [5.74, 6) is -1.66. The molecule has 0 saturated carbocycles. The molecule has 10 heteroatoms. The number of pyridine rings is 1. The van der Waals surface area contributed by atoms with Crippen molar-refractivity contribution >= 4 is 46.5 Å². The van der Waals surface area contributed by atoms with Crippen molar-refractivity contribution in [2.24, 2.45) is 0 Å². The molecule has 172 valence electrons. The van der Waals surface area contributed by atoms with Crippen molar-refractivity contribution in [1.29, 1.82) is 0 Å². The van der Waals surface area contributed by atoms with Crippen molar-refractivity contribution in [3.63, 3.8) is 0 Å². The van der Waals surface area contributed by atoms with Gasteiger partial charge in [-0.25, -0.2) is 4.79 Å². The van der Waals surface area contributed by atoms with Crippen LogP contribution in [0, 0.1) is 0 Å². The average molecular weight is 490 g/mol. The van der Waals surface area contributed by atoms with E-state index in [2.05, 4.69) is 15.6 Å². The van der Waals surface area contributed by atoms with E-state index in [1.807, 2.05) is 6.92 Å². The third kappa shape index (κ3) is 5.58. The molecule has 0 fully saturated rings. The SMILES string of the molecule is CCCCc1c(N[C@@H](Cc2ccc(NC(=O)c3c(Cl)cncc3Cl)cc2)C(=O)O)c(=O)c1=O. The lowest BCUT2D eigenvalue weighted by Crippen LogP contribution is -2.43. The molecule has 3 N–H and O–H groups in total. The summed E-state index contributed by atoms with van der Waals surface area (Å²) in [6, 6.07) is 5.44. The van der Waals surface area contributed by atoms with Crippen LogP contribution in [0.2, 0.25) is 10.0 Å². The molecule has 3 aromatic rings. The van der Waals surface area contributed by atoms with Crippen molar-refractivity contribution in [3.8, 4) is 0 Å². The molecular formula is C23H21Cl2N3O5. The maximum atomic E-state index is 12.5. The van der Waals surface area contributed by atoms with Crippen molar-refractivity contribution in [3.05, 3.63) is 83.8 Å². The standard InChI is InChI=1S/C23H21Cl2N3O5/c1-2-3-4-14-19(21(30)20(14)29)28-17(23(32)33)9-12-5-7-13(8-6-12)27-22(31)18-15(24)10-26-11-16(18)25/h5-8,10-11,17,28H,2-4,9H2,1H3,(H,27,31)(H,32,33)/t17-/m0/s1. The number of hydrogen-bond donors (Lipinski definition) is 3. The normalized spacial score (nSPS) is 11.8. The molecule has 0 saturated heterocycles. The van der Waals surface area contributed by atoms with Crippen LogP contribution in [0.3, 0.4) is 0 Å². The summed E-state index contributed by atoms with van der Waals surface area (Å²) in [4.78, 5) is 51.8. The fourth-order valence-corrected chi connectivity index (χ4v) is 3.88. The highest BCUT2D eigenvalue weighted by atomic mass is 35.5. The van der Waals surface area contributed by atoms with Crippen molar-refractivity contribution < 1.29 is 14.7 Å². The molecule has 0 spiro atoms. The summed E-state index contributed by atoms with van der Waals surface area (Å²) in [5, 5.41) is 15.2. The molecule has 3 rings (SSSR count). The molecule has 1 aromatic heterocycles. The molecule has 0 aliphatic rings. The van der Waals surface area contributed by atoms with E-state index in [-0.39, 0.29) is 27.7 Å². The fraction of sp³-hybridized carbons (Fsp3) is 0.261. The van der Waals surface area contributed by atoms with E-state index in [1.54, 1.807) is 24.3 Å². The molecule has 1 amide bonds. The number of benzene rings is 1. The molecule has 1 atom stereocenters. The Kier molecular flexibility index (Phi) is 7.84. The number of unbranched alkanes of at least 4 members (excludes halogenated alkanes) is 1. The lowest BCUT2D eigenvalue weighted by molar-refractivity contribution is -0.137. The maximum absolute atomic E-state index is 12.5. The number of carbonyl (C=O) groups is 2. The Hall–Kier alpha value is -3.23. The van der Waals surface area contributed by atoms with Gasteiger partial charge in [-0.2, -0.15) is 0 Å². The molecular weight excluding hydrogens is 469 g/mol. The number of amides is 1. The molecule has 33 heavy (non-hydrogen) atoms. The minimum absolute atomic E-state index is 0.0671. The van der Waals surface area contributed by atoms with Crippen LogP contribution >= 0.6 is 23.2 Å². The van der Waals surface area contributed by atoms with Crippen LogP contribution in [0.4, 0.5) is 11.4 Å². The highest BCUT2D eigenvalue weighted by Crippen LogP contribution is 2.24. The summed E-state index contributed by atoms with van der Waals surface area (Å²) in [6.07, 6.45) is 4.72. The third-order valence-electron chi connectivity index (χ3n) is 5.14. The van der Waals surface area contributed by atoms with E-state index >= 15 is 0 Å². The number of rotatable bonds is 10. The Morgan fingerprint density at radius 3 is 2.27 bits per heavy atom.